The Bertz CT molecular complexity index is 550. The molecule has 0 aliphatic rings. The van der Waals surface area contributed by atoms with Crippen LogP contribution in [-0.2, 0) is 34.2 Å². The third-order valence-electron chi connectivity index (χ3n) is 2.21. The first-order valence-corrected chi connectivity index (χ1v) is 9.15. The van der Waals surface area contributed by atoms with Crippen molar-refractivity contribution in [3.63, 3.8) is 0 Å². The van der Waals surface area contributed by atoms with Crippen molar-refractivity contribution in [3.8, 4) is 0 Å². The van der Waals surface area contributed by atoms with Crippen LogP contribution in [0.4, 0.5) is 0 Å². The van der Waals surface area contributed by atoms with Gasteiger partial charge in [-0.05, 0) is 6.42 Å². The fourth-order valence-corrected chi connectivity index (χ4v) is 3.99. The zero-order valence-electron chi connectivity index (χ0n) is 11.0. The molecule has 0 rings (SSSR count). The molecule has 118 valence electrons. The summed E-state index contributed by atoms with van der Waals surface area (Å²) in [5.41, 5.74) is 0. The second-order valence-electron chi connectivity index (χ2n) is 4.07. The van der Waals surface area contributed by atoms with Crippen LogP contribution in [0.5, 0.6) is 0 Å². The summed E-state index contributed by atoms with van der Waals surface area (Å²) in [5.74, 6) is -3.50. The predicted octanol–water partition coefficient (Wildman–Crippen LogP) is -1.64. The Morgan fingerprint density at radius 3 is 2.15 bits per heavy atom. The molecule has 11 heteroatoms. The standard InChI is InChI=1S/C9H17NO8S2/c1-18-8(11)4-3-7(9(12)13)10-20(16,17)6-5-19(2,14)15/h7,10H,3-6H2,1-2H3,(H,12,13)/t7-/m0/s1. The lowest BCUT2D eigenvalue weighted by Gasteiger charge is -2.13. The first-order chi connectivity index (χ1) is 8.97. The van der Waals surface area contributed by atoms with Gasteiger partial charge in [-0.15, -0.1) is 0 Å². The number of nitrogens with one attached hydrogen (secondary N) is 1. The Kier molecular flexibility index (Phi) is 7.09. The van der Waals surface area contributed by atoms with Crippen LogP contribution < -0.4 is 4.72 Å². The number of carboxylic acid groups (broad SMARTS) is 1. The van der Waals surface area contributed by atoms with Crippen molar-refractivity contribution in [1.82, 2.24) is 4.72 Å². The number of carbonyl (C=O) groups excluding carboxylic acids is 1. The maximum Gasteiger partial charge on any atom is 0.321 e. The van der Waals surface area contributed by atoms with Crippen molar-refractivity contribution in [2.75, 3.05) is 24.9 Å². The molecule has 0 bridgehead atoms. The SMILES string of the molecule is COC(=O)CC[C@H](NS(=O)(=O)CCS(C)(=O)=O)C(=O)O. The number of sulfone groups is 1. The average Bonchev–Trinajstić information content (AvgIpc) is 2.30. The smallest absolute Gasteiger partial charge is 0.321 e. The highest BCUT2D eigenvalue weighted by atomic mass is 32.2. The number of hydrogen-bond acceptors (Lipinski definition) is 7. The number of hydrogen-bond donors (Lipinski definition) is 2. The Morgan fingerprint density at radius 2 is 1.75 bits per heavy atom. The lowest BCUT2D eigenvalue weighted by molar-refractivity contribution is -0.142. The van der Waals surface area contributed by atoms with E-state index in [0.29, 0.717) is 0 Å². The molecule has 0 fully saturated rings. The van der Waals surface area contributed by atoms with E-state index in [1.807, 2.05) is 4.72 Å². The molecule has 2 N–H and O–H groups in total. The monoisotopic (exact) mass is 331 g/mol. The Hall–Kier alpha value is -1.20. The molecule has 0 saturated carbocycles. The predicted molar refractivity (Wildman–Crippen MR) is 69.3 cm³/mol. The van der Waals surface area contributed by atoms with Crippen molar-refractivity contribution < 1.29 is 36.3 Å². The van der Waals surface area contributed by atoms with Gasteiger partial charge in [0.25, 0.3) is 0 Å². The normalized spacial score (nSPS) is 13.7. The highest BCUT2D eigenvalue weighted by Crippen LogP contribution is 2.02. The van der Waals surface area contributed by atoms with Crippen LogP contribution in [0.1, 0.15) is 12.8 Å². The van der Waals surface area contributed by atoms with Crippen molar-refractivity contribution in [2.24, 2.45) is 0 Å². The summed E-state index contributed by atoms with van der Waals surface area (Å²) < 4.78 is 51.0. The summed E-state index contributed by atoms with van der Waals surface area (Å²) in [7, 11) is -6.44. The minimum absolute atomic E-state index is 0.276. The summed E-state index contributed by atoms with van der Waals surface area (Å²) >= 11 is 0. The fraction of sp³-hybridized carbons (Fsp3) is 0.778. The van der Waals surface area contributed by atoms with E-state index >= 15 is 0 Å². The quantitative estimate of drug-likeness (QED) is 0.478. The topological polar surface area (TPSA) is 144 Å². The lowest BCUT2D eigenvalue weighted by Crippen LogP contribution is -2.43. The molecule has 0 aromatic carbocycles. The van der Waals surface area contributed by atoms with Gasteiger partial charge in [-0.3, -0.25) is 9.59 Å². The van der Waals surface area contributed by atoms with Gasteiger partial charge in [-0.1, -0.05) is 0 Å². The Labute approximate surface area is 117 Å². The molecule has 0 radical (unpaired) electrons. The minimum Gasteiger partial charge on any atom is -0.480 e. The van der Waals surface area contributed by atoms with Crippen LogP contribution in [0.25, 0.3) is 0 Å². The molecule has 0 aromatic heterocycles. The number of methoxy groups -OCH3 is 1. The van der Waals surface area contributed by atoms with Gasteiger partial charge in [-0.25, -0.2) is 21.6 Å². The summed E-state index contributed by atoms with van der Waals surface area (Å²) in [6, 6.07) is -1.52. The van der Waals surface area contributed by atoms with E-state index in [-0.39, 0.29) is 12.8 Å². The van der Waals surface area contributed by atoms with Gasteiger partial charge >= 0.3 is 11.9 Å². The van der Waals surface area contributed by atoms with Crippen LogP contribution in [0.2, 0.25) is 0 Å². The third-order valence-corrected chi connectivity index (χ3v) is 4.80. The Balaban J connectivity index is 4.65. The molecular formula is C9H17NO8S2. The molecule has 0 aliphatic heterocycles. The molecular weight excluding hydrogens is 314 g/mol. The van der Waals surface area contributed by atoms with E-state index in [1.54, 1.807) is 0 Å². The van der Waals surface area contributed by atoms with Gasteiger partial charge in [0, 0.05) is 12.7 Å². The summed E-state index contributed by atoms with van der Waals surface area (Å²) in [6.07, 6.45) is 0.302. The zero-order valence-corrected chi connectivity index (χ0v) is 12.7. The van der Waals surface area contributed by atoms with Crippen molar-refractivity contribution in [2.45, 2.75) is 18.9 Å². The molecule has 20 heavy (non-hydrogen) atoms. The molecule has 0 unspecified atom stereocenters. The molecule has 0 heterocycles. The lowest BCUT2D eigenvalue weighted by atomic mass is 10.2. The van der Waals surface area contributed by atoms with Crippen LogP contribution >= 0.6 is 0 Å². The van der Waals surface area contributed by atoms with E-state index in [2.05, 4.69) is 4.74 Å². The largest absolute Gasteiger partial charge is 0.480 e. The number of ether oxygens (including phenoxy) is 1. The van der Waals surface area contributed by atoms with Crippen LogP contribution in [0.15, 0.2) is 0 Å². The number of aliphatic carboxylic acids is 1. The van der Waals surface area contributed by atoms with Gasteiger partial charge in [-0.2, -0.15) is 0 Å². The maximum absolute atomic E-state index is 11.6. The summed E-state index contributed by atoms with van der Waals surface area (Å²) in [6.45, 7) is 0. The second-order valence-corrected chi connectivity index (χ2v) is 8.21. The fourth-order valence-electron chi connectivity index (χ4n) is 1.13. The van der Waals surface area contributed by atoms with E-state index < -0.39 is 49.3 Å². The molecule has 9 nitrogen and oxygen atoms in total. The summed E-state index contributed by atoms with van der Waals surface area (Å²) in [5, 5.41) is 8.85. The van der Waals surface area contributed by atoms with Crippen LogP contribution in [-0.4, -0.2) is 64.8 Å². The molecule has 0 aromatic rings. The number of rotatable bonds is 9. The van der Waals surface area contributed by atoms with E-state index in [9.17, 15) is 26.4 Å². The number of esters is 1. The first-order valence-electron chi connectivity index (χ1n) is 5.44. The van der Waals surface area contributed by atoms with Crippen molar-refractivity contribution >= 4 is 31.8 Å². The average molecular weight is 331 g/mol. The third kappa shape index (κ3) is 8.82. The number of carbonyl (C=O) groups is 2. The van der Waals surface area contributed by atoms with Crippen molar-refractivity contribution in [3.05, 3.63) is 0 Å². The van der Waals surface area contributed by atoms with Gasteiger partial charge in [0.1, 0.15) is 15.9 Å². The van der Waals surface area contributed by atoms with Crippen LogP contribution in [0.3, 0.4) is 0 Å². The highest BCUT2D eigenvalue weighted by molar-refractivity contribution is 7.93. The first kappa shape index (κ1) is 18.8. The van der Waals surface area contributed by atoms with E-state index in [4.69, 9.17) is 5.11 Å². The maximum atomic E-state index is 11.6. The van der Waals surface area contributed by atoms with Gasteiger partial charge in [0.2, 0.25) is 10.0 Å². The molecule has 0 aliphatic carbocycles. The summed E-state index contributed by atoms with van der Waals surface area (Å²) in [4.78, 5) is 21.8. The second kappa shape index (κ2) is 7.55. The molecule has 0 saturated heterocycles. The van der Waals surface area contributed by atoms with E-state index in [0.717, 1.165) is 13.4 Å². The van der Waals surface area contributed by atoms with E-state index in [1.165, 1.54) is 0 Å². The van der Waals surface area contributed by atoms with Gasteiger partial charge in [0.15, 0.2) is 0 Å². The highest BCUT2D eigenvalue weighted by Gasteiger charge is 2.25. The number of carboxylic acids is 1. The minimum atomic E-state index is -4.08. The van der Waals surface area contributed by atoms with Gasteiger partial charge in [0.05, 0.1) is 18.6 Å². The zero-order chi connectivity index (χ0) is 16.0. The Morgan fingerprint density at radius 1 is 1.20 bits per heavy atom. The number of sulfonamides is 1. The van der Waals surface area contributed by atoms with Crippen molar-refractivity contribution in [1.29, 1.82) is 0 Å². The van der Waals surface area contributed by atoms with Gasteiger partial charge < -0.3 is 9.84 Å². The molecule has 0 amide bonds. The van der Waals surface area contributed by atoms with Crippen LogP contribution in [0, 0.1) is 0 Å². The molecule has 1 atom stereocenters. The molecule has 0 spiro atoms.